The molecular weight excluding hydrogens is 432 g/mol. The molecule has 0 radical (unpaired) electrons. The van der Waals surface area contributed by atoms with Crippen LogP contribution in [0.2, 0.25) is 13.1 Å². The van der Waals surface area contributed by atoms with E-state index >= 15 is 0 Å². The van der Waals surface area contributed by atoms with Gasteiger partial charge in [-0.25, -0.2) is 4.98 Å². The molecule has 1 aliphatic heterocycles. The number of aromatic nitrogens is 2. The average Bonchev–Trinajstić information content (AvgIpc) is 3.45. The lowest BCUT2D eigenvalue weighted by Gasteiger charge is -2.24. The monoisotopic (exact) mass is 458 g/mol. The SMILES string of the molecule is C[N+]1=C=[N+](c2cccc([Si](C)(C)c3ccc4c5ccccc5n(-c5ccccn5)c4c3)c2)C=C1. The third-order valence-electron chi connectivity index (χ3n) is 6.82. The summed E-state index contributed by atoms with van der Waals surface area (Å²) in [7, 11) is 0.0242. The quantitative estimate of drug-likeness (QED) is 0.276. The summed E-state index contributed by atoms with van der Waals surface area (Å²) in [5.41, 5.74) is 3.54. The molecule has 1 aliphatic rings. The smallest absolute Gasteiger partial charge is 0.294 e. The van der Waals surface area contributed by atoms with Gasteiger partial charge in [0.15, 0.2) is 7.05 Å². The highest BCUT2D eigenvalue weighted by Crippen LogP contribution is 2.31. The van der Waals surface area contributed by atoms with E-state index < -0.39 is 8.07 Å². The molecule has 0 saturated carbocycles. The summed E-state index contributed by atoms with van der Waals surface area (Å²) in [4.78, 5) is 4.68. The fourth-order valence-electron chi connectivity index (χ4n) is 4.85. The van der Waals surface area contributed by atoms with Crippen LogP contribution >= 0.6 is 0 Å². The van der Waals surface area contributed by atoms with Gasteiger partial charge < -0.3 is 0 Å². The predicted octanol–water partition coefficient (Wildman–Crippen LogP) is 4.95. The maximum atomic E-state index is 4.68. The molecule has 6 rings (SSSR count). The second-order valence-electron chi connectivity index (χ2n) is 9.33. The average molecular weight is 459 g/mol. The van der Waals surface area contributed by atoms with Crippen molar-refractivity contribution in [1.82, 2.24) is 9.55 Å². The molecule has 5 aromatic rings. The molecule has 0 saturated heterocycles. The molecule has 0 N–H and O–H groups in total. The van der Waals surface area contributed by atoms with E-state index in [4.69, 9.17) is 0 Å². The Morgan fingerprint density at radius 3 is 2.35 bits per heavy atom. The van der Waals surface area contributed by atoms with Crippen molar-refractivity contribution in [3.05, 3.63) is 104 Å². The lowest BCUT2D eigenvalue weighted by Crippen LogP contribution is -2.52. The second kappa shape index (κ2) is 7.77. The summed E-state index contributed by atoms with van der Waals surface area (Å²) in [5, 5.41) is 5.32. The van der Waals surface area contributed by atoms with Gasteiger partial charge >= 0.3 is 6.01 Å². The van der Waals surface area contributed by atoms with Crippen molar-refractivity contribution >= 4 is 51.9 Å². The maximum absolute atomic E-state index is 4.68. The van der Waals surface area contributed by atoms with Crippen molar-refractivity contribution in [3.63, 3.8) is 0 Å². The zero-order valence-corrected chi connectivity index (χ0v) is 20.6. The number of para-hydroxylation sites is 1. The van der Waals surface area contributed by atoms with Crippen LogP contribution in [0, 0.1) is 0 Å². The van der Waals surface area contributed by atoms with E-state index in [1.165, 1.54) is 32.2 Å². The van der Waals surface area contributed by atoms with Gasteiger partial charge in [0.2, 0.25) is 11.9 Å². The van der Waals surface area contributed by atoms with Crippen molar-refractivity contribution in [1.29, 1.82) is 0 Å². The van der Waals surface area contributed by atoms with Crippen LogP contribution in [0.1, 0.15) is 0 Å². The molecule has 0 fully saturated rings. The van der Waals surface area contributed by atoms with Gasteiger partial charge in [0.1, 0.15) is 13.9 Å². The minimum Gasteiger partial charge on any atom is -0.294 e. The molecule has 0 unspecified atom stereocenters. The molecule has 2 aromatic heterocycles. The Bertz CT molecular complexity index is 1670. The van der Waals surface area contributed by atoms with Crippen molar-refractivity contribution in [2.45, 2.75) is 13.1 Å². The first-order valence-electron chi connectivity index (χ1n) is 11.5. The minimum atomic E-state index is -1.97. The first kappa shape index (κ1) is 20.5. The van der Waals surface area contributed by atoms with Crippen LogP contribution < -0.4 is 10.4 Å². The number of nitrogens with zero attached hydrogens (tertiary/aromatic N) is 4. The summed E-state index contributed by atoms with van der Waals surface area (Å²) in [6.45, 7) is 4.86. The lowest BCUT2D eigenvalue weighted by atomic mass is 10.1. The molecule has 4 nitrogen and oxygen atoms in total. The van der Waals surface area contributed by atoms with E-state index in [1.807, 2.05) is 36.3 Å². The Balaban J connectivity index is 1.54. The fourth-order valence-corrected chi connectivity index (χ4v) is 7.20. The van der Waals surface area contributed by atoms with Crippen molar-refractivity contribution < 1.29 is 9.15 Å². The first-order chi connectivity index (χ1) is 16.5. The van der Waals surface area contributed by atoms with Crippen molar-refractivity contribution in [3.8, 4) is 5.82 Å². The Morgan fingerprint density at radius 1 is 0.765 bits per heavy atom. The van der Waals surface area contributed by atoms with Crippen LogP contribution in [-0.2, 0) is 0 Å². The summed E-state index contributed by atoms with van der Waals surface area (Å²) in [6, 6.07) is 33.9. The number of hydrogen-bond acceptors (Lipinski definition) is 1. The van der Waals surface area contributed by atoms with Gasteiger partial charge in [0.25, 0.3) is 6.20 Å². The second-order valence-corrected chi connectivity index (χ2v) is 13.7. The number of pyridine rings is 1. The third-order valence-corrected chi connectivity index (χ3v) is 10.3. The predicted molar refractivity (Wildman–Crippen MR) is 142 cm³/mol. The largest absolute Gasteiger partial charge is 0.495 e. The standard InChI is InChI=1S/C29H26N4Si/c1-31-17-18-32(21-31)22-9-8-10-23(19-22)34(2,3)24-14-15-26-25-11-4-5-12-27(25)33(28(26)20-24)29-13-6-7-16-30-29/h4-20H,1-3H3/q+2. The highest BCUT2D eigenvalue weighted by molar-refractivity contribution is 7.00. The van der Waals surface area contributed by atoms with E-state index in [2.05, 4.69) is 112 Å². The Hall–Kier alpha value is -4.05. The molecule has 3 aromatic carbocycles. The van der Waals surface area contributed by atoms with Gasteiger partial charge in [-0.1, -0.05) is 76.0 Å². The van der Waals surface area contributed by atoms with E-state index in [0.717, 1.165) is 11.5 Å². The molecule has 34 heavy (non-hydrogen) atoms. The highest BCUT2D eigenvalue weighted by Gasteiger charge is 2.29. The van der Waals surface area contributed by atoms with Crippen LogP contribution in [0.4, 0.5) is 5.69 Å². The Kier molecular flexibility index (Phi) is 4.69. The molecule has 164 valence electrons. The summed E-state index contributed by atoms with van der Waals surface area (Å²) < 4.78 is 6.29. The Labute approximate surface area is 200 Å². The zero-order chi connectivity index (χ0) is 23.3. The molecule has 5 heteroatoms. The maximum Gasteiger partial charge on any atom is 0.495 e. The molecule has 0 spiro atoms. The summed E-state index contributed by atoms with van der Waals surface area (Å²) in [6.07, 6.45) is 5.92. The Morgan fingerprint density at radius 2 is 1.56 bits per heavy atom. The van der Waals surface area contributed by atoms with Gasteiger partial charge in [-0.2, -0.15) is 0 Å². The van der Waals surface area contributed by atoms with Gasteiger partial charge in [0, 0.05) is 29.1 Å². The highest BCUT2D eigenvalue weighted by atomic mass is 28.3. The van der Waals surface area contributed by atoms with Crippen molar-refractivity contribution in [2.24, 2.45) is 0 Å². The summed E-state index contributed by atoms with van der Waals surface area (Å²) >= 11 is 0. The minimum absolute atomic E-state index is 0.948. The van der Waals surface area contributed by atoms with Crippen molar-refractivity contribution in [2.75, 3.05) is 7.05 Å². The molecule has 3 heterocycles. The van der Waals surface area contributed by atoms with Gasteiger partial charge in [0.05, 0.1) is 11.0 Å². The molecule has 0 aliphatic carbocycles. The van der Waals surface area contributed by atoms with E-state index in [1.54, 1.807) is 0 Å². The van der Waals surface area contributed by atoms with Crippen LogP contribution in [0.3, 0.4) is 0 Å². The summed E-state index contributed by atoms with van der Waals surface area (Å²) in [5.74, 6) is 0.948. The van der Waals surface area contributed by atoms with E-state index in [0.29, 0.717) is 0 Å². The normalized spacial score (nSPS) is 13.5. The van der Waals surface area contributed by atoms with Gasteiger partial charge in [-0.3, -0.25) is 4.57 Å². The van der Waals surface area contributed by atoms with Crippen LogP contribution in [0.25, 0.3) is 27.6 Å². The van der Waals surface area contributed by atoms with E-state index in [9.17, 15) is 0 Å². The third kappa shape index (κ3) is 3.26. The number of rotatable bonds is 4. The number of hydrogen-bond donors (Lipinski definition) is 0. The van der Waals surface area contributed by atoms with Crippen LogP contribution in [0.15, 0.2) is 104 Å². The lowest BCUT2D eigenvalue weighted by molar-refractivity contribution is -0.429. The molecule has 0 amide bonds. The topological polar surface area (TPSA) is 23.8 Å². The zero-order valence-electron chi connectivity index (χ0n) is 19.6. The van der Waals surface area contributed by atoms with Gasteiger partial charge in [-0.15, -0.1) is 0 Å². The molecular formula is C29H26N4Si+2. The van der Waals surface area contributed by atoms with Crippen LogP contribution in [0.5, 0.6) is 0 Å². The fraction of sp³-hybridized carbons (Fsp3) is 0.103. The van der Waals surface area contributed by atoms with Gasteiger partial charge in [-0.05, 0) is 29.5 Å². The number of benzene rings is 3. The number of fused-ring (bicyclic) bond motifs is 3. The van der Waals surface area contributed by atoms with Crippen LogP contribution in [-0.4, -0.2) is 39.8 Å². The first-order valence-corrected chi connectivity index (χ1v) is 14.5. The van der Waals surface area contributed by atoms with E-state index in [-0.39, 0.29) is 0 Å². The molecule has 0 atom stereocenters. The molecule has 0 bridgehead atoms.